The molecule has 0 aromatic carbocycles. The summed E-state index contributed by atoms with van der Waals surface area (Å²) in [6.45, 7) is 5.65. The number of hydrogen-bond acceptors (Lipinski definition) is 4. The largest absolute Gasteiger partial charge is 0.444 e. The third-order valence-electron chi connectivity index (χ3n) is 5.14. The van der Waals surface area contributed by atoms with Gasteiger partial charge in [-0.05, 0) is 71.1 Å². The van der Waals surface area contributed by atoms with Crippen molar-refractivity contribution in [1.82, 2.24) is 5.32 Å². The highest BCUT2D eigenvalue weighted by atomic mass is 16.6. The lowest BCUT2D eigenvalue weighted by Crippen LogP contribution is -2.56. The van der Waals surface area contributed by atoms with Gasteiger partial charge in [-0.2, -0.15) is 0 Å². The number of rotatable bonds is 1. The van der Waals surface area contributed by atoms with Crippen molar-refractivity contribution in [2.24, 2.45) is 22.9 Å². The second-order valence-corrected chi connectivity index (χ2v) is 8.22. The van der Waals surface area contributed by atoms with E-state index in [2.05, 4.69) is 10.5 Å². The first-order valence-electron chi connectivity index (χ1n) is 8.00. The maximum atomic E-state index is 12.2. The van der Waals surface area contributed by atoms with Crippen molar-refractivity contribution in [3.63, 3.8) is 0 Å². The smallest absolute Gasteiger partial charge is 0.408 e. The number of alkyl carbamates (subject to hydrolysis) is 1. The fourth-order valence-corrected chi connectivity index (χ4v) is 4.80. The maximum absolute atomic E-state index is 12.2. The molecule has 0 aromatic heterocycles. The van der Waals surface area contributed by atoms with Crippen LogP contribution in [0.1, 0.15) is 59.3 Å². The van der Waals surface area contributed by atoms with Crippen molar-refractivity contribution < 1.29 is 14.7 Å². The molecule has 0 aromatic rings. The molecule has 0 radical (unpaired) electrons. The van der Waals surface area contributed by atoms with E-state index >= 15 is 0 Å². The van der Waals surface area contributed by atoms with Gasteiger partial charge in [0.15, 0.2) is 0 Å². The van der Waals surface area contributed by atoms with Gasteiger partial charge in [-0.1, -0.05) is 5.16 Å². The second kappa shape index (κ2) is 4.89. The van der Waals surface area contributed by atoms with Gasteiger partial charge in [0, 0.05) is 11.5 Å². The number of carbonyl (C=O) groups excluding carboxylic acids is 1. The predicted molar refractivity (Wildman–Crippen MR) is 79.5 cm³/mol. The number of carbonyl (C=O) groups is 1. The lowest BCUT2D eigenvalue weighted by atomic mass is 9.63. The van der Waals surface area contributed by atoms with Crippen LogP contribution < -0.4 is 5.32 Å². The number of nitrogens with one attached hydrogen (secondary N) is 1. The van der Waals surface area contributed by atoms with Crippen LogP contribution >= 0.6 is 0 Å². The van der Waals surface area contributed by atoms with E-state index in [1.807, 2.05) is 20.8 Å². The Hall–Kier alpha value is -1.26. The Morgan fingerprint density at radius 2 is 2.00 bits per heavy atom. The van der Waals surface area contributed by atoms with Crippen molar-refractivity contribution in [3.05, 3.63) is 0 Å². The van der Waals surface area contributed by atoms with Crippen molar-refractivity contribution in [3.8, 4) is 0 Å². The number of nitrogens with zero attached hydrogens (tertiary/aromatic N) is 1. The lowest BCUT2D eigenvalue weighted by Gasteiger charge is -2.48. The van der Waals surface area contributed by atoms with Crippen LogP contribution in [0.2, 0.25) is 0 Å². The quantitative estimate of drug-likeness (QED) is 0.575. The van der Waals surface area contributed by atoms with Crippen molar-refractivity contribution in [2.75, 3.05) is 0 Å². The van der Waals surface area contributed by atoms with Gasteiger partial charge in [0.1, 0.15) is 5.60 Å². The fourth-order valence-electron chi connectivity index (χ4n) is 4.80. The minimum absolute atomic E-state index is 0.161. The molecular weight excluding hydrogens is 268 g/mol. The molecular formula is C16H26N2O3. The highest BCUT2D eigenvalue weighted by molar-refractivity contribution is 5.87. The summed E-state index contributed by atoms with van der Waals surface area (Å²) in [5.74, 6) is 1.48. The van der Waals surface area contributed by atoms with E-state index in [0.29, 0.717) is 17.8 Å². The molecule has 0 saturated heterocycles. The normalized spacial score (nSPS) is 40.1. The van der Waals surface area contributed by atoms with Crippen LogP contribution in [0.5, 0.6) is 0 Å². The molecule has 21 heavy (non-hydrogen) atoms. The molecule has 0 heterocycles. The summed E-state index contributed by atoms with van der Waals surface area (Å²) in [6.07, 6.45) is 5.79. The number of oxime groups is 1. The molecule has 4 aliphatic rings. The first-order chi connectivity index (χ1) is 9.78. The molecule has 1 amide bonds. The summed E-state index contributed by atoms with van der Waals surface area (Å²) >= 11 is 0. The van der Waals surface area contributed by atoms with Crippen LogP contribution in [-0.2, 0) is 4.74 Å². The minimum atomic E-state index is -0.472. The predicted octanol–water partition coefficient (Wildman–Crippen LogP) is 3.31. The standard InChI is InChI=1S/C16H26N2O3/c1-15(2,3)21-14(19)17-16-7-10-4-11(8-16)6-13(18-20)12(5-10)9-16/h10-12,20H,4-9H2,1-3H3,(H,17,19)/b18-13-. The van der Waals surface area contributed by atoms with E-state index in [-0.39, 0.29) is 11.6 Å². The molecule has 4 aliphatic carbocycles. The molecule has 4 fully saturated rings. The van der Waals surface area contributed by atoms with Crippen LogP contribution in [0.25, 0.3) is 0 Å². The average molecular weight is 294 g/mol. The van der Waals surface area contributed by atoms with Crippen LogP contribution in [0, 0.1) is 17.8 Å². The molecule has 4 unspecified atom stereocenters. The van der Waals surface area contributed by atoms with Gasteiger partial charge in [0.25, 0.3) is 0 Å². The Morgan fingerprint density at radius 3 is 2.67 bits per heavy atom. The first kappa shape index (κ1) is 14.7. The Morgan fingerprint density at radius 1 is 1.29 bits per heavy atom. The molecule has 118 valence electrons. The van der Waals surface area contributed by atoms with Crippen molar-refractivity contribution in [2.45, 2.75) is 70.4 Å². The molecule has 5 nitrogen and oxygen atoms in total. The summed E-state index contributed by atoms with van der Waals surface area (Å²) < 4.78 is 5.44. The monoisotopic (exact) mass is 294 g/mol. The van der Waals surface area contributed by atoms with Gasteiger partial charge in [-0.25, -0.2) is 4.79 Å². The van der Waals surface area contributed by atoms with Crippen LogP contribution in [0.15, 0.2) is 5.16 Å². The molecule has 0 spiro atoms. The van der Waals surface area contributed by atoms with Crippen molar-refractivity contribution in [1.29, 1.82) is 0 Å². The number of fused-ring (bicyclic) bond motifs is 1. The minimum Gasteiger partial charge on any atom is -0.444 e. The second-order valence-electron chi connectivity index (χ2n) is 8.22. The molecule has 4 atom stereocenters. The average Bonchev–Trinajstić information content (AvgIpc) is 2.48. The van der Waals surface area contributed by atoms with Gasteiger partial charge in [0.2, 0.25) is 0 Å². The Kier molecular flexibility index (Phi) is 3.41. The van der Waals surface area contributed by atoms with E-state index in [1.54, 1.807) is 0 Å². The third-order valence-corrected chi connectivity index (χ3v) is 5.14. The molecule has 4 saturated carbocycles. The van der Waals surface area contributed by atoms with Gasteiger partial charge < -0.3 is 15.3 Å². The Balaban J connectivity index is 1.77. The van der Waals surface area contributed by atoms with E-state index in [9.17, 15) is 10.0 Å². The van der Waals surface area contributed by atoms with Crippen LogP contribution in [0.3, 0.4) is 0 Å². The SMILES string of the molecule is CC(C)(C)OC(=O)NC12CC3C/C(=N/O)C(CC(C3)C1)C2. The highest BCUT2D eigenvalue weighted by Gasteiger charge is 2.51. The summed E-state index contributed by atoms with van der Waals surface area (Å²) in [5.41, 5.74) is 0.306. The highest BCUT2D eigenvalue weighted by Crippen LogP contribution is 2.52. The number of amides is 1. The van der Waals surface area contributed by atoms with E-state index in [0.717, 1.165) is 37.8 Å². The zero-order valence-electron chi connectivity index (χ0n) is 13.2. The van der Waals surface area contributed by atoms with E-state index in [1.165, 1.54) is 6.42 Å². The molecule has 4 rings (SSSR count). The van der Waals surface area contributed by atoms with Gasteiger partial charge in [0.05, 0.1) is 5.71 Å². The summed E-state index contributed by atoms with van der Waals surface area (Å²) in [7, 11) is 0. The molecule has 2 N–H and O–H groups in total. The fraction of sp³-hybridized carbons (Fsp3) is 0.875. The zero-order chi connectivity index (χ0) is 15.3. The molecule has 5 heteroatoms. The summed E-state index contributed by atoms with van der Waals surface area (Å²) in [6, 6.07) is 0. The molecule has 4 bridgehead atoms. The van der Waals surface area contributed by atoms with Gasteiger partial charge in [-0.3, -0.25) is 0 Å². The Bertz CT molecular complexity index is 469. The first-order valence-corrected chi connectivity index (χ1v) is 8.00. The summed E-state index contributed by atoms with van der Waals surface area (Å²) in [4.78, 5) is 12.2. The topological polar surface area (TPSA) is 70.9 Å². The van der Waals surface area contributed by atoms with Gasteiger partial charge in [-0.15, -0.1) is 0 Å². The number of ether oxygens (including phenoxy) is 1. The van der Waals surface area contributed by atoms with Crippen LogP contribution in [0.4, 0.5) is 4.79 Å². The van der Waals surface area contributed by atoms with Crippen molar-refractivity contribution >= 4 is 11.8 Å². The van der Waals surface area contributed by atoms with Gasteiger partial charge >= 0.3 is 6.09 Å². The molecule has 0 aliphatic heterocycles. The summed E-state index contributed by atoms with van der Waals surface area (Å²) in [5, 5.41) is 16.0. The lowest BCUT2D eigenvalue weighted by molar-refractivity contribution is 0.0260. The third kappa shape index (κ3) is 3.01. The Labute approximate surface area is 126 Å². The van der Waals surface area contributed by atoms with E-state index in [4.69, 9.17) is 4.74 Å². The van der Waals surface area contributed by atoms with E-state index < -0.39 is 5.60 Å². The van der Waals surface area contributed by atoms with Crippen LogP contribution in [-0.4, -0.2) is 28.2 Å². The zero-order valence-corrected chi connectivity index (χ0v) is 13.2. The maximum Gasteiger partial charge on any atom is 0.408 e. The number of hydrogen-bond donors (Lipinski definition) is 2.